The van der Waals surface area contributed by atoms with Crippen molar-refractivity contribution in [3.8, 4) is 0 Å². The van der Waals surface area contributed by atoms with E-state index in [9.17, 15) is 5.11 Å². The minimum Gasteiger partial charge on any atom is -0.393 e. The van der Waals surface area contributed by atoms with Gasteiger partial charge in [-0.25, -0.2) is 0 Å². The fourth-order valence-corrected chi connectivity index (χ4v) is 9.30. The van der Waals surface area contributed by atoms with Crippen molar-refractivity contribution in [3.63, 3.8) is 0 Å². The Hall–Kier alpha value is -0.300. The summed E-state index contributed by atoms with van der Waals surface area (Å²) in [4.78, 5) is 0. The van der Waals surface area contributed by atoms with Crippen LogP contribution in [0.15, 0.2) is 11.6 Å². The fourth-order valence-electron chi connectivity index (χ4n) is 9.30. The van der Waals surface area contributed by atoms with Gasteiger partial charge in [0.2, 0.25) is 0 Å². The molecule has 9 atom stereocenters. The van der Waals surface area contributed by atoms with E-state index in [-0.39, 0.29) is 6.10 Å². The standard InChI is InChI=1S/C29H50O/c1-7-21(19(2)3)9-8-20(4)25-12-13-26-24-11-10-22-18-23(30)14-16-28(22,5)27(24)15-17-29(25,26)6/h10,19-21,23-27,30H,7-9,11-18H2,1-6H3/t20-,21+,23-,24+,25+,26+,27+,28+,29-/m0/s1. The molecule has 4 aliphatic rings. The van der Waals surface area contributed by atoms with E-state index in [0.717, 1.165) is 54.3 Å². The summed E-state index contributed by atoms with van der Waals surface area (Å²) in [6.07, 6.45) is 17.1. The molecule has 0 aromatic heterocycles. The lowest BCUT2D eigenvalue weighted by Gasteiger charge is -2.58. The number of fused-ring (bicyclic) bond motifs is 5. The van der Waals surface area contributed by atoms with E-state index >= 15 is 0 Å². The maximum absolute atomic E-state index is 10.2. The van der Waals surface area contributed by atoms with Crippen molar-refractivity contribution in [2.45, 2.75) is 118 Å². The van der Waals surface area contributed by atoms with Crippen LogP contribution in [0.1, 0.15) is 112 Å². The predicted octanol–water partition coefficient (Wildman–Crippen LogP) is 8.02. The molecule has 1 N–H and O–H groups in total. The molecule has 4 aliphatic carbocycles. The molecule has 4 rings (SSSR count). The number of allylic oxidation sites excluding steroid dienone is 1. The summed E-state index contributed by atoms with van der Waals surface area (Å²) in [6, 6.07) is 0. The van der Waals surface area contributed by atoms with E-state index in [1.165, 1.54) is 57.8 Å². The van der Waals surface area contributed by atoms with Gasteiger partial charge in [-0.2, -0.15) is 0 Å². The highest BCUT2D eigenvalue weighted by atomic mass is 16.3. The van der Waals surface area contributed by atoms with Crippen molar-refractivity contribution < 1.29 is 5.11 Å². The molecule has 172 valence electrons. The molecule has 0 radical (unpaired) electrons. The van der Waals surface area contributed by atoms with Gasteiger partial charge in [-0.1, -0.05) is 66.0 Å². The van der Waals surface area contributed by atoms with E-state index in [1.54, 1.807) is 5.57 Å². The molecular weight excluding hydrogens is 364 g/mol. The fraction of sp³-hybridized carbons (Fsp3) is 0.931. The zero-order valence-corrected chi connectivity index (χ0v) is 20.9. The number of aliphatic hydroxyl groups is 1. The molecule has 0 aromatic carbocycles. The van der Waals surface area contributed by atoms with Crippen LogP contribution in [-0.2, 0) is 0 Å². The van der Waals surface area contributed by atoms with E-state index in [4.69, 9.17) is 0 Å². The molecule has 0 saturated heterocycles. The Morgan fingerprint density at radius 1 is 1.00 bits per heavy atom. The molecule has 3 saturated carbocycles. The Bertz CT molecular complexity index is 634. The first-order valence-electron chi connectivity index (χ1n) is 13.6. The monoisotopic (exact) mass is 414 g/mol. The first-order valence-corrected chi connectivity index (χ1v) is 13.6. The van der Waals surface area contributed by atoms with Crippen LogP contribution in [0.3, 0.4) is 0 Å². The topological polar surface area (TPSA) is 20.2 Å². The minimum atomic E-state index is -0.0794. The SMILES string of the molecule is CC[C@H](CC[C@H](C)[C@H]1CC[C@@H]2[C@H]3CC=C4C[C@@H](O)CC[C@@]4(C)[C@@H]3CC[C@]21C)C(C)C. The highest BCUT2D eigenvalue weighted by Gasteiger charge is 2.59. The molecule has 0 aromatic rings. The number of rotatable bonds is 6. The van der Waals surface area contributed by atoms with Crippen LogP contribution in [0.25, 0.3) is 0 Å². The Balaban J connectivity index is 1.47. The van der Waals surface area contributed by atoms with E-state index in [2.05, 4.69) is 47.6 Å². The molecule has 0 heterocycles. The van der Waals surface area contributed by atoms with Crippen LogP contribution < -0.4 is 0 Å². The Morgan fingerprint density at radius 2 is 1.77 bits per heavy atom. The molecule has 30 heavy (non-hydrogen) atoms. The van der Waals surface area contributed by atoms with E-state index < -0.39 is 0 Å². The van der Waals surface area contributed by atoms with Crippen LogP contribution >= 0.6 is 0 Å². The maximum atomic E-state index is 10.2. The van der Waals surface area contributed by atoms with Crippen molar-refractivity contribution in [2.24, 2.45) is 52.3 Å². The summed E-state index contributed by atoms with van der Waals surface area (Å²) < 4.78 is 0. The average Bonchev–Trinajstić information content (AvgIpc) is 3.06. The second-order valence-electron chi connectivity index (χ2n) is 12.9. The Morgan fingerprint density at radius 3 is 2.47 bits per heavy atom. The lowest BCUT2D eigenvalue weighted by molar-refractivity contribution is -0.0575. The third kappa shape index (κ3) is 3.74. The molecule has 0 bridgehead atoms. The lowest BCUT2D eigenvalue weighted by Crippen LogP contribution is -2.50. The van der Waals surface area contributed by atoms with Crippen LogP contribution in [0, 0.1) is 52.3 Å². The highest BCUT2D eigenvalue weighted by Crippen LogP contribution is 2.67. The Labute approximate surface area is 187 Å². The second kappa shape index (κ2) is 8.57. The van der Waals surface area contributed by atoms with Gasteiger partial charge in [0, 0.05) is 0 Å². The van der Waals surface area contributed by atoms with Crippen molar-refractivity contribution in [3.05, 3.63) is 11.6 Å². The summed E-state index contributed by atoms with van der Waals surface area (Å²) >= 11 is 0. The lowest BCUT2D eigenvalue weighted by atomic mass is 9.47. The normalized spacial score (nSPS) is 45.3. The molecule has 0 spiro atoms. The summed E-state index contributed by atoms with van der Waals surface area (Å²) in [5.74, 6) is 6.31. The van der Waals surface area contributed by atoms with Gasteiger partial charge in [-0.05, 0) is 110 Å². The minimum absolute atomic E-state index is 0.0794. The summed E-state index contributed by atoms with van der Waals surface area (Å²) in [5.41, 5.74) is 2.59. The molecule has 1 heteroatoms. The highest BCUT2D eigenvalue weighted by molar-refractivity contribution is 5.25. The predicted molar refractivity (Wildman–Crippen MR) is 128 cm³/mol. The van der Waals surface area contributed by atoms with Gasteiger partial charge in [0.1, 0.15) is 0 Å². The van der Waals surface area contributed by atoms with Gasteiger partial charge < -0.3 is 5.11 Å². The van der Waals surface area contributed by atoms with Crippen LogP contribution in [0.5, 0.6) is 0 Å². The second-order valence-corrected chi connectivity index (χ2v) is 12.9. The van der Waals surface area contributed by atoms with Gasteiger partial charge in [-0.15, -0.1) is 0 Å². The van der Waals surface area contributed by atoms with Crippen LogP contribution in [0.4, 0.5) is 0 Å². The largest absolute Gasteiger partial charge is 0.393 e. The van der Waals surface area contributed by atoms with Gasteiger partial charge in [0.15, 0.2) is 0 Å². The summed E-state index contributed by atoms with van der Waals surface area (Å²) in [6.45, 7) is 15.1. The summed E-state index contributed by atoms with van der Waals surface area (Å²) in [7, 11) is 0. The number of hydrogen-bond acceptors (Lipinski definition) is 1. The third-order valence-corrected chi connectivity index (χ3v) is 11.3. The maximum Gasteiger partial charge on any atom is 0.0577 e. The first-order chi connectivity index (χ1) is 14.2. The van der Waals surface area contributed by atoms with Crippen LogP contribution in [0.2, 0.25) is 0 Å². The van der Waals surface area contributed by atoms with Crippen molar-refractivity contribution >= 4 is 0 Å². The third-order valence-electron chi connectivity index (χ3n) is 11.3. The zero-order valence-electron chi connectivity index (χ0n) is 20.9. The smallest absolute Gasteiger partial charge is 0.0577 e. The van der Waals surface area contributed by atoms with Gasteiger partial charge >= 0.3 is 0 Å². The first kappa shape index (κ1) is 22.9. The average molecular weight is 415 g/mol. The van der Waals surface area contributed by atoms with Crippen LogP contribution in [-0.4, -0.2) is 11.2 Å². The van der Waals surface area contributed by atoms with Gasteiger partial charge in [0.25, 0.3) is 0 Å². The number of hydrogen-bond donors (Lipinski definition) is 1. The molecule has 0 amide bonds. The molecule has 1 nitrogen and oxygen atoms in total. The van der Waals surface area contributed by atoms with E-state index in [1.807, 2.05) is 0 Å². The number of aliphatic hydroxyl groups excluding tert-OH is 1. The van der Waals surface area contributed by atoms with Gasteiger partial charge in [0.05, 0.1) is 6.10 Å². The molecule has 3 fully saturated rings. The quantitative estimate of drug-likeness (QED) is 0.436. The zero-order chi connectivity index (χ0) is 21.7. The van der Waals surface area contributed by atoms with Crippen molar-refractivity contribution in [2.75, 3.05) is 0 Å². The molecular formula is C29H50O. The van der Waals surface area contributed by atoms with Gasteiger partial charge in [-0.3, -0.25) is 0 Å². The van der Waals surface area contributed by atoms with Crippen molar-refractivity contribution in [1.82, 2.24) is 0 Å². The molecule has 0 unspecified atom stereocenters. The van der Waals surface area contributed by atoms with Crippen molar-refractivity contribution in [1.29, 1.82) is 0 Å². The Kier molecular flexibility index (Phi) is 6.53. The molecule has 0 aliphatic heterocycles. The van der Waals surface area contributed by atoms with E-state index in [0.29, 0.717) is 10.8 Å². The summed E-state index contributed by atoms with van der Waals surface area (Å²) in [5, 5.41) is 10.2.